The molecular weight excluding hydrogens is 378 g/mol. The summed E-state index contributed by atoms with van der Waals surface area (Å²) in [6.07, 6.45) is 1.14. The van der Waals surface area contributed by atoms with E-state index in [-0.39, 0.29) is 23.9 Å². The third-order valence-corrected chi connectivity index (χ3v) is 6.15. The van der Waals surface area contributed by atoms with Gasteiger partial charge in [0, 0.05) is 24.7 Å². The number of sulfonamides is 1. The maximum Gasteiger partial charge on any atom is 0.410 e. The number of aromatic nitrogens is 1. The summed E-state index contributed by atoms with van der Waals surface area (Å²) >= 11 is 0. The van der Waals surface area contributed by atoms with Crippen LogP contribution in [0.3, 0.4) is 0 Å². The number of carbonyl (C=O) groups is 1. The second kappa shape index (κ2) is 9.52. The molecule has 1 aliphatic rings. The molecule has 0 aliphatic carbocycles. The second-order valence-electron chi connectivity index (χ2n) is 7.46. The molecule has 1 aromatic heterocycles. The summed E-state index contributed by atoms with van der Waals surface area (Å²) in [5.74, 6) is -0.00391. The smallest absolute Gasteiger partial charge is 0.410 e. The van der Waals surface area contributed by atoms with Crippen molar-refractivity contribution in [1.29, 1.82) is 0 Å². The van der Waals surface area contributed by atoms with Gasteiger partial charge in [-0.25, -0.2) is 17.9 Å². The zero-order valence-corrected chi connectivity index (χ0v) is 18.0. The number of pyridine rings is 1. The van der Waals surface area contributed by atoms with Crippen LogP contribution in [0.15, 0.2) is 24.8 Å². The van der Waals surface area contributed by atoms with Gasteiger partial charge in [0.25, 0.3) is 0 Å². The van der Waals surface area contributed by atoms with Gasteiger partial charge in [0.1, 0.15) is 0 Å². The molecule has 0 radical (unpaired) electrons. The molecule has 1 aliphatic heterocycles. The number of rotatable bonds is 7. The molecule has 0 aromatic carbocycles. The van der Waals surface area contributed by atoms with E-state index in [0.29, 0.717) is 25.8 Å². The largest absolute Gasteiger partial charge is 0.447 e. The van der Waals surface area contributed by atoms with Crippen molar-refractivity contribution in [3.8, 4) is 0 Å². The van der Waals surface area contributed by atoms with Crippen molar-refractivity contribution in [3.63, 3.8) is 0 Å². The van der Waals surface area contributed by atoms with E-state index in [1.54, 1.807) is 25.7 Å². The number of amides is 1. The molecule has 0 unspecified atom stereocenters. The molecule has 2 rings (SSSR count). The quantitative estimate of drug-likeness (QED) is 0.748. The number of nitrogens with zero attached hydrogens (tertiary/aromatic N) is 2. The molecule has 1 saturated heterocycles. The standard InChI is InChI=1S/C20H31N3O4S/c1-6-28(25,26)22-18-11-8-12-23(20(24)27-15(4)5)19(18)13-16-9-7-10-17(21-16)14(2)3/h7,9-10,15,18-19,22H,2,6,8,11-13H2,1,3-5H3/t18-,19-/m1/s1. The van der Waals surface area contributed by atoms with Gasteiger partial charge in [0.05, 0.1) is 23.6 Å². The Labute approximate surface area is 168 Å². The van der Waals surface area contributed by atoms with Gasteiger partial charge in [-0.15, -0.1) is 0 Å². The average Bonchev–Trinajstić information content (AvgIpc) is 2.62. The van der Waals surface area contributed by atoms with E-state index >= 15 is 0 Å². The molecule has 1 fully saturated rings. The van der Waals surface area contributed by atoms with Crippen molar-refractivity contribution in [3.05, 3.63) is 36.2 Å². The molecule has 8 heteroatoms. The minimum Gasteiger partial charge on any atom is -0.447 e. The maximum atomic E-state index is 12.7. The molecule has 1 N–H and O–H groups in total. The first-order valence-electron chi connectivity index (χ1n) is 9.72. The van der Waals surface area contributed by atoms with Crippen molar-refractivity contribution in [2.24, 2.45) is 0 Å². The summed E-state index contributed by atoms with van der Waals surface area (Å²) in [6, 6.07) is 4.92. The lowest BCUT2D eigenvalue weighted by Crippen LogP contribution is -2.58. The fraction of sp³-hybridized carbons (Fsp3) is 0.600. The Morgan fingerprint density at radius 1 is 1.43 bits per heavy atom. The molecule has 1 amide bonds. The Morgan fingerprint density at radius 3 is 2.75 bits per heavy atom. The normalized spacial score (nSPS) is 20.2. The van der Waals surface area contributed by atoms with Crippen LogP contribution in [0.2, 0.25) is 0 Å². The van der Waals surface area contributed by atoms with Gasteiger partial charge < -0.3 is 9.64 Å². The monoisotopic (exact) mass is 409 g/mol. The van der Waals surface area contributed by atoms with Gasteiger partial charge in [-0.2, -0.15) is 0 Å². The van der Waals surface area contributed by atoms with Gasteiger partial charge >= 0.3 is 6.09 Å². The molecule has 0 bridgehead atoms. The first kappa shape index (κ1) is 22.4. The number of piperidine rings is 1. The number of ether oxygens (including phenoxy) is 1. The molecule has 156 valence electrons. The van der Waals surface area contributed by atoms with Crippen LogP contribution in [0, 0.1) is 0 Å². The summed E-state index contributed by atoms with van der Waals surface area (Å²) in [6.45, 7) is 11.5. The second-order valence-corrected chi connectivity index (χ2v) is 9.50. The number of allylic oxidation sites excluding steroid dienone is 1. The Bertz CT molecular complexity index is 807. The van der Waals surface area contributed by atoms with Crippen LogP contribution in [0.4, 0.5) is 4.79 Å². The van der Waals surface area contributed by atoms with Crippen LogP contribution < -0.4 is 4.72 Å². The molecule has 0 spiro atoms. The number of carbonyl (C=O) groups excluding carboxylic acids is 1. The Morgan fingerprint density at radius 2 is 2.14 bits per heavy atom. The van der Waals surface area contributed by atoms with Gasteiger partial charge in [-0.1, -0.05) is 12.6 Å². The van der Waals surface area contributed by atoms with Gasteiger partial charge in [0.15, 0.2) is 0 Å². The Hall–Kier alpha value is -1.93. The van der Waals surface area contributed by atoms with E-state index in [2.05, 4.69) is 16.3 Å². The fourth-order valence-electron chi connectivity index (χ4n) is 3.30. The number of hydrogen-bond donors (Lipinski definition) is 1. The lowest BCUT2D eigenvalue weighted by atomic mass is 9.93. The average molecular weight is 410 g/mol. The van der Waals surface area contributed by atoms with E-state index in [9.17, 15) is 13.2 Å². The van der Waals surface area contributed by atoms with Crippen molar-refractivity contribution in [2.45, 2.75) is 65.1 Å². The van der Waals surface area contributed by atoms with Gasteiger partial charge in [0.2, 0.25) is 10.0 Å². The van der Waals surface area contributed by atoms with Crippen LogP contribution >= 0.6 is 0 Å². The Balaban J connectivity index is 2.33. The van der Waals surface area contributed by atoms with E-state index < -0.39 is 16.1 Å². The van der Waals surface area contributed by atoms with Crippen LogP contribution in [0.5, 0.6) is 0 Å². The predicted molar refractivity (Wildman–Crippen MR) is 110 cm³/mol. The molecule has 2 heterocycles. The Kier molecular flexibility index (Phi) is 7.60. The molecule has 0 saturated carbocycles. The highest BCUT2D eigenvalue weighted by Gasteiger charge is 2.37. The highest BCUT2D eigenvalue weighted by molar-refractivity contribution is 7.89. The van der Waals surface area contributed by atoms with Gasteiger partial charge in [-0.05, 0) is 58.2 Å². The summed E-state index contributed by atoms with van der Waals surface area (Å²) in [4.78, 5) is 18.9. The first-order chi connectivity index (χ1) is 13.1. The summed E-state index contributed by atoms with van der Waals surface area (Å²) < 4.78 is 32.5. The van der Waals surface area contributed by atoms with Crippen LogP contribution in [-0.2, 0) is 21.2 Å². The minimum absolute atomic E-state index is 0.00391. The maximum absolute atomic E-state index is 12.7. The third-order valence-electron chi connectivity index (χ3n) is 4.72. The highest BCUT2D eigenvalue weighted by Crippen LogP contribution is 2.23. The van der Waals surface area contributed by atoms with Crippen molar-refractivity contribution < 1.29 is 17.9 Å². The van der Waals surface area contributed by atoms with Crippen molar-refractivity contribution in [1.82, 2.24) is 14.6 Å². The molecule has 28 heavy (non-hydrogen) atoms. The molecular formula is C20H31N3O4S. The molecule has 2 atom stereocenters. The van der Waals surface area contributed by atoms with Crippen LogP contribution in [0.1, 0.15) is 51.9 Å². The fourth-order valence-corrected chi connectivity index (χ4v) is 4.20. The highest BCUT2D eigenvalue weighted by atomic mass is 32.2. The third kappa shape index (κ3) is 6.04. The van der Waals surface area contributed by atoms with E-state index in [1.807, 2.05) is 25.1 Å². The zero-order valence-electron chi connectivity index (χ0n) is 17.1. The van der Waals surface area contributed by atoms with E-state index in [4.69, 9.17) is 4.74 Å². The number of hydrogen-bond acceptors (Lipinski definition) is 5. The van der Waals surface area contributed by atoms with E-state index in [1.165, 1.54) is 0 Å². The lowest BCUT2D eigenvalue weighted by Gasteiger charge is -2.41. The van der Waals surface area contributed by atoms with Crippen LogP contribution in [-0.4, -0.2) is 54.9 Å². The van der Waals surface area contributed by atoms with Crippen LogP contribution in [0.25, 0.3) is 5.57 Å². The zero-order chi connectivity index (χ0) is 20.9. The van der Waals surface area contributed by atoms with Crippen molar-refractivity contribution >= 4 is 21.7 Å². The lowest BCUT2D eigenvalue weighted by molar-refractivity contribution is 0.0459. The first-order valence-corrected chi connectivity index (χ1v) is 11.4. The summed E-state index contributed by atoms with van der Waals surface area (Å²) in [5, 5.41) is 0. The summed E-state index contributed by atoms with van der Waals surface area (Å²) in [5.41, 5.74) is 2.43. The molecule has 1 aromatic rings. The van der Waals surface area contributed by atoms with Gasteiger partial charge in [-0.3, -0.25) is 4.98 Å². The van der Waals surface area contributed by atoms with E-state index in [0.717, 1.165) is 17.0 Å². The molecule has 7 nitrogen and oxygen atoms in total. The topological polar surface area (TPSA) is 88.6 Å². The van der Waals surface area contributed by atoms with Crippen molar-refractivity contribution in [2.75, 3.05) is 12.3 Å². The number of likely N-dealkylation sites (tertiary alicyclic amines) is 1. The SMILES string of the molecule is C=C(C)c1cccc(C[C@@H]2[C@H](NS(=O)(=O)CC)CCCN2C(=O)OC(C)C)n1. The number of nitrogens with one attached hydrogen (secondary N) is 1. The predicted octanol–water partition coefficient (Wildman–Crippen LogP) is 2.97. The minimum atomic E-state index is -3.40. The summed E-state index contributed by atoms with van der Waals surface area (Å²) in [7, 11) is -3.40.